The molecule has 2 aliphatic heterocycles. The van der Waals surface area contributed by atoms with Crippen molar-refractivity contribution in [1.82, 2.24) is 4.58 Å². The predicted octanol–water partition coefficient (Wildman–Crippen LogP) is -2.64. The minimum absolute atomic E-state index is 0. The van der Waals surface area contributed by atoms with Gasteiger partial charge in [0.2, 0.25) is 5.36 Å². The molecule has 68 heavy (non-hydrogen) atoms. The number of carboxylic acid groups (broad SMARTS) is 1. The fraction of sp³-hybridized carbons (Fsp3) is 0.545. The molecular formula is C44H60N2Na2O17S3. The summed E-state index contributed by atoms with van der Waals surface area (Å²) in [5.41, 5.74) is 2.12. The monoisotopic (exact) mass is 1030 g/mol. The first-order valence-corrected chi connectivity index (χ1v) is 26.1. The van der Waals surface area contributed by atoms with Crippen LogP contribution in [0.4, 0.5) is 5.69 Å². The van der Waals surface area contributed by atoms with Crippen LogP contribution in [0.3, 0.4) is 0 Å². The SMILES string of the molecule is COCCOCCOCCOCCOCC[N+](CCCS(=O)(=O)[O-])=c1ccc2c(/C=C/C=C3/N(CCCCCC(=O)O)c4ccc(S(=O)(=O)[O-])cc4C3(C)CCCS(=O)(=O)[O-])ccoc-2c1.[Na+].[Na+]. The van der Waals surface area contributed by atoms with Crippen LogP contribution < -0.4 is 73.9 Å². The zero-order chi connectivity index (χ0) is 48.2. The molecule has 0 aromatic heterocycles. The van der Waals surface area contributed by atoms with Gasteiger partial charge in [0.05, 0.1) is 90.3 Å². The maximum Gasteiger partial charge on any atom is 1.00 e. The third-order valence-electron chi connectivity index (χ3n) is 10.8. The van der Waals surface area contributed by atoms with Crippen molar-refractivity contribution in [2.45, 2.75) is 62.2 Å². The van der Waals surface area contributed by atoms with E-state index in [2.05, 4.69) is 0 Å². The van der Waals surface area contributed by atoms with Crippen LogP contribution in [0.2, 0.25) is 0 Å². The number of nitrogens with zero attached hydrogens (tertiary/aromatic N) is 2. The summed E-state index contributed by atoms with van der Waals surface area (Å²) in [6, 6.07) is 11.3. The molecule has 24 heteroatoms. The maximum atomic E-state index is 12.1. The molecule has 0 amide bonds. The van der Waals surface area contributed by atoms with Crippen molar-refractivity contribution in [2.24, 2.45) is 0 Å². The summed E-state index contributed by atoms with van der Waals surface area (Å²) in [6.07, 6.45) is 8.63. The van der Waals surface area contributed by atoms with Gasteiger partial charge in [-0.05, 0) is 80.1 Å². The van der Waals surface area contributed by atoms with Gasteiger partial charge in [0.15, 0.2) is 6.54 Å². The number of allylic oxidation sites excluding steroid dienone is 3. The van der Waals surface area contributed by atoms with Crippen LogP contribution in [0.1, 0.15) is 63.0 Å². The van der Waals surface area contributed by atoms with Crippen molar-refractivity contribution in [1.29, 1.82) is 0 Å². The number of unbranched alkanes of at least 4 members (excludes halogenated alkanes) is 2. The fourth-order valence-corrected chi connectivity index (χ4v) is 9.08. The molecule has 0 saturated carbocycles. The summed E-state index contributed by atoms with van der Waals surface area (Å²) >= 11 is 0. The first-order valence-electron chi connectivity index (χ1n) is 21.6. The first kappa shape index (κ1) is 62.0. The van der Waals surface area contributed by atoms with E-state index >= 15 is 0 Å². The number of aliphatic carboxylic acids is 1. The van der Waals surface area contributed by atoms with Crippen LogP contribution in [0.15, 0.2) is 75.9 Å². The molecule has 1 aromatic carbocycles. The average Bonchev–Trinajstić information content (AvgIpc) is 3.47. The van der Waals surface area contributed by atoms with Crippen molar-refractivity contribution < 1.29 is 136 Å². The molecule has 368 valence electrons. The Kier molecular flexibility index (Phi) is 28.0. The molecule has 1 N–H and O–H groups in total. The van der Waals surface area contributed by atoms with Crippen LogP contribution in [0.25, 0.3) is 17.4 Å². The molecule has 3 aliphatic rings. The van der Waals surface area contributed by atoms with Gasteiger partial charge in [-0.15, -0.1) is 0 Å². The van der Waals surface area contributed by atoms with E-state index in [0.29, 0.717) is 119 Å². The van der Waals surface area contributed by atoms with E-state index in [1.54, 1.807) is 32.2 Å². The van der Waals surface area contributed by atoms with E-state index in [4.69, 9.17) is 33.2 Å². The molecular weight excluding hydrogens is 971 g/mol. The Labute approximate surface area is 444 Å². The third-order valence-corrected chi connectivity index (χ3v) is 13.2. The second-order valence-corrected chi connectivity index (χ2v) is 20.1. The molecule has 4 rings (SSSR count). The minimum atomic E-state index is -4.87. The normalized spacial score (nSPS) is 16.2. The van der Waals surface area contributed by atoms with Gasteiger partial charge in [-0.3, -0.25) is 4.79 Å². The second kappa shape index (κ2) is 30.7. The number of fused-ring (bicyclic) bond motifs is 2. The summed E-state index contributed by atoms with van der Waals surface area (Å²) in [4.78, 5) is 12.6. The van der Waals surface area contributed by atoms with Gasteiger partial charge in [-0.25, -0.2) is 29.8 Å². The van der Waals surface area contributed by atoms with E-state index < -0.39 is 58.1 Å². The number of anilines is 1. The smallest absolute Gasteiger partial charge is 0.748 e. The fourth-order valence-electron chi connectivity index (χ4n) is 7.60. The van der Waals surface area contributed by atoms with Gasteiger partial charge >= 0.3 is 65.1 Å². The number of benzene rings is 2. The predicted molar refractivity (Wildman–Crippen MR) is 241 cm³/mol. The molecule has 1 unspecified atom stereocenters. The second-order valence-electron chi connectivity index (χ2n) is 15.7. The Hall–Kier alpha value is -2.07. The van der Waals surface area contributed by atoms with Gasteiger partial charge in [-0.2, -0.15) is 0 Å². The molecule has 19 nitrogen and oxygen atoms in total. The maximum absolute atomic E-state index is 12.1. The zero-order valence-corrected chi connectivity index (χ0v) is 45.7. The molecule has 0 bridgehead atoms. The largest absolute Gasteiger partial charge is 1.00 e. The quantitative estimate of drug-likeness (QED) is 0.0290. The minimum Gasteiger partial charge on any atom is -0.748 e. The van der Waals surface area contributed by atoms with Gasteiger partial charge in [0.1, 0.15) is 29.0 Å². The summed E-state index contributed by atoms with van der Waals surface area (Å²) < 4.78 is 141. The number of methoxy groups -OCH3 is 1. The topological polar surface area (TPSA) is 274 Å². The molecule has 1 aromatic rings. The van der Waals surface area contributed by atoms with Gasteiger partial charge in [0, 0.05) is 66.4 Å². The third kappa shape index (κ3) is 21.3. The molecule has 1 atom stereocenters. The number of hydrogen-bond acceptors (Lipinski definition) is 17. The summed E-state index contributed by atoms with van der Waals surface area (Å²) in [5, 5.41) is 9.82. The number of hydrogen-bond donors (Lipinski definition) is 1. The van der Waals surface area contributed by atoms with Crippen LogP contribution in [0.5, 0.6) is 0 Å². The first-order chi connectivity index (χ1) is 31.3. The molecule has 0 fully saturated rings. The average molecular weight is 1030 g/mol. The molecule has 0 saturated heterocycles. The standard InChI is InChI=1S/C44H62N2O17S3.2Na/c1-44(17-7-31-64(49,50)51)39-34-37(66(55,56)57)13-15-40(39)46(19-5-3-4-11-43(47)48)42(44)10-6-9-35-16-21-63-41-33-36(12-14-38(35)41)45(18-8-32-65(52,53)54)20-22-59-25-26-61-29-30-62-28-27-60-24-23-58-2;;/h6,9-10,12-16,21,33-34H,3-5,7-8,11,17-20,22-32H2,1-2H3,(H3-,47,48,49,50,51,52,53,54,55,56,57);;/q;2*+1/p-2. The van der Waals surface area contributed by atoms with Gasteiger partial charge in [0.25, 0.3) is 0 Å². The van der Waals surface area contributed by atoms with Gasteiger partial charge < -0.3 is 51.8 Å². The van der Waals surface area contributed by atoms with E-state index in [-0.39, 0.29) is 97.9 Å². The molecule has 2 heterocycles. The zero-order valence-electron chi connectivity index (χ0n) is 39.3. The van der Waals surface area contributed by atoms with E-state index in [1.165, 1.54) is 24.5 Å². The Morgan fingerprint density at radius 3 is 1.99 bits per heavy atom. The Morgan fingerprint density at radius 1 is 0.765 bits per heavy atom. The molecule has 0 spiro atoms. The summed E-state index contributed by atoms with van der Waals surface area (Å²) in [5.74, 6) is -1.61. The van der Waals surface area contributed by atoms with E-state index in [1.807, 2.05) is 33.8 Å². The van der Waals surface area contributed by atoms with Crippen molar-refractivity contribution in [2.75, 3.05) is 103 Å². The van der Waals surface area contributed by atoms with E-state index in [0.717, 1.165) is 5.56 Å². The van der Waals surface area contributed by atoms with Crippen LogP contribution >= 0.6 is 0 Å². The Morgan fingerprint density at radius 2 is 1.38 bits per heavy atom. The molecule has 0 radical (unpaired) electrons. The van der Waals surface area contributed by atoms with Gasteiger partial charge in [-0.1, -0.05) is 18.6 Å². The van der Waals surface area contributed by atoms with Crippen molar-refractivity contribution in [3.05, 3.63) is 83.1 Å². The van der Waals surface area contributed by atoms with Crippen LogP contribution in [-0.2, 0) is 64.2 Å². The van der Waals surface area contributed by atoms with Crippen molar-refractivity contribution >= 4 is 48.1 Å². The van der Waals surface area contributed by atoms with Crippen molar-refractivity contribution in [3.8, 4) is 11.3 Å². The molecule has 1 aliphatic carbocycles. The summed E-state index contributed by atoms with van der Waals surface area (Å²) in [6.45, 7) is 6.41. The number of ether oxygens (including phenoxy) is 5. The Bertz CT molecular complexity index is 2480. The number of rotatable bonds is 32. The van der Waals surface area contributed by atoms with Crippen molar-refractivity contribution in [3.63, 3.8) is 0 Å². The number of carbonyl (C=O) groups is 1. The summed E-state index contributed by atoms with van der Waals surface area (Å²) in [7, 11) is -12.3. The van der Waals surface area contributed by atoms with Crippen LogP contribution in [0, 0.1) is 0 Å². The van der Waals surface area contributed by atoms with E-state index in [9.17, 15) is 43.7 Å². The number of carboxylic acids is 1. The van der Waals surface area contributed by atoms with Crippen LogP contribution in [-0.4, -0.2) is 148 Å². The Balaban J connectivity index is 0.00000793.